The lowest BCUT2D eigenvalue weighted by molar-refractivity contribution is -0.121. The second-order valence-corrected chi connectivity index (χ2v) is 6.82. The van der Waals surface area contributed by atoms with Crippen LogP contribution in [0.5, 0.6) is 0 Å². The third-order valence-electron chi connectivity index (χ3n) is 5.02. The highest BCUT2D eigenvalue weighted by molar-refractivity contribution is 6.07. The molecule has 1 aliphatic heterocycles. The van der Waals surface area contributed by atoms with Crippen molar-refractivity contribution in [2.24, 2.45) is 5.92 Å². The van der Waals surface area contributed by atoms with Gasteiger partial charge in [0, 0.05) is 24.8 Å². The molecule has 1 N–H and O–H groups in total. The molecule has 27 heavy (non-hydrogen) atoms. The van der Waals surface area contributed by atoms with Gasteiger partial charge in [-0.05, 0) is 41.8 Å². The van der Waals surface area contributed by atoms with E-state index < -0.39 is 0 Å². The van der Waals surface area contributed by atoms with Gasteiger partial charge in [-0.2, -0.15) is 0 Å². The number of hydrogen-bond donors (Lipinski definition) is 1. The minimum absolute atomic E-state index is 0.0119. The van der Waals surface area contributed by atoms with Crippen LogP contribution in [0.3, 0.4) is 0 Å². The van der Waals surface area contributed by atoms with Crippen molar-refractivity contribution in [3.8, 4) is 0 Å². The van der Waals surface area contributed by atoms with E-state index in [1.54, 1.807) is 23.2 Å². The van der Waals surface area contributed by atoms with Crippen molar-refractivity contribution < 1.29 is 9.59 Å². The molecular weight excluding hydrogens is 338 g/mol. The molecule has 2 aromatic carbocycles. The Morgan fingerprint density at radius 2 is 1.81 bits per heavy atom. The summed E-state index contributed by atoms with van der Waals surface area (Å²) in [4.78, 5) is 31.7. The van der Waals surface area contributed by atoms with Crippen molar-refractivity contribution in [2.75, 3.05) is 18.4 Å². The predicted octanol–water partition coefficient (Wildman–Crippen LogP) is 3.73. The highest BCUT2D eigenvalue weighted by Crippen LogP contribution is 2.24. The van der Waals surface area contributed by atoms with Gasteiger partial charge >= 0.3 is 0 Å². The van der Waals surface area contributed by atoms with Gasteiger partial charge in [-0.15, -0.1) is 0 Å². The molecule has 1 aromatic heterocycles. The highest BCUT2D eigenvalue weighted by atomic mass is 16.2. The van der Waals surface area contributed by atoms with Crippen LogP contribution < -0.4 is 5.32 Å². The number of amides is 2. The number of hydrogen-bond acceptors (Lipinski definition) is 3. The molecule has 136 valence electrons. The van der Waals surface area contributed by atoms with Gasteiger partial charge in [0.05, 0.1) is 5.92 Å². The van der Waals surface area contributed by atoms with Crippen molar-refractivity contribution in [3.63, 3.8) is 0 Å². The molecule has 2 amide bonds. The highest BCUT2D eigenvalue weighted by Gasteiger charge is 2.29. The van der Waals surface area contributed by atoms with Crippen molar-refractivity contribution in [2.45, 2.75) is 12.8 Å². The Labute approximate surface area is 158 Å². The first-order chi connectivity index (χ1) is 13.2. The largest absolute Gasteiger partial charge is 0.338 e. The quantitative estimate of drug-likeness (QED) is 0.775. The molecule has 0 radical (unpaired) electrons. The molecule has 0 spiro atoms. The van der Waals surface area contributed by atoms with Gasteiger partial charge in [0.15, 0.2) is 0 Å². The summed E-state index contributed by atoms with van der Waals surface area (Å²) in [6.07, 6.45) is 3.24. The zero-order chi connectivity index (χ0) is 18.6. The number of fused-ring (bicyclic) bond motifs is 1. The van der Waals surface area contributed by atoms with Crippen LogP contribution >= 0.6 is 0 Å². The summed E-state index contributed by atoms with van der Waals surface area (Å²) in [5.74, 6) is 0.228. The van der Waals surface area contributed by atoms with Gasteiger partial charge in [-0.25, -0.2) is 4.98 Å². The Bertz CT molecular complexity index is 966. The molecular formula is C22H21N3O2. The van der Waals surface area contributed by atoms with Crippen molar-refractivity contribution in [1.82, 2.24) is 9.88 Å². The number of rotatable bonds is 3. The maximum Gasteiger partial charge on any atom is 0.254 e. The van der Waals surface area contributed by atoms with Gasteiger partial charge in [-0.3, -0.25) is 9.59 Å². The number of likely N-dealkylation sites (tertiary alicyclic amines) is 1. The lowest BCUT2D eigenvalue weighted by Crippen LogP contribution is -2.43. The van der Waals surface area contributed by atoms with E-state index in [0.717, 1.165) is 23.6 Å². The van der Waals surface area contributed by atoms with Crippen LogP contribution in [0.15, 0.2) is 66.9 Å². The Balaban J connectivity index is 1.50. The molecule has 3 aromatic rings. The number of benzene rings is 2. The molecule has 1 atom stereocenters. The molecule has 5 nitrogen and oxygen atoms in total. The number of nitrogens with one attached hydrogen (secondary N) is 1. The van der Waals surface area contributed by atoms with E-state index in [2.05, 4.69) is 10.3 Å². The van der Waals surface area contributed by atoms with Crippen molar-refractivity contribution in [3.05, 3.63) is 72.4 Å². The number of anilines is 1. The summed E-state index contributed by atoms with van der Waals surface area (Å²) >= 11 is 0. The van der Waals surface area contributed by atoms with Crippen LogP contribution in [0, 0.1) is 5.92 Å². The molecule has 0 aliphatic carbocycles. The third-order valence-corrected chi connectivity index (χ3v) is 5.02. The zero-order valence-electron chi connectivity index (χ0n) is 15.0. The summed E-state index contributed by atoms with van der Waals surface area (Å²) in [5, 5.41) is 4.85. The summed E-state index contributed by atoms with van der Waals surface area (Å²) in [6, 6.07) is 19.1. The Morgan fingerprint density at radius 3 is 2.67 bits per heavy atom. The standard InChI is InChI=1S/C22H21N3O2/c26-21(24-20-12-3-4-13-23-20)17-9-6-14-25(15-17)22(27)19-11-5-8-16-7-1-2-10-18(16)19/h1-5,7-8,10-13,17H,6,9,14-15H2,(H,23,24,26)/t17-/m0/s1. The average Bonchev–Trinajstić information content (AvgIpc) is 2.73. The van der Waals surface area contributed by atoms with Gasteiger partial charge in [0.2, 0.25) is 5.91 Å². The monoisotopic (exact) mass is 359 g/mol. The third kappa shape index (κ3) is 3.67. The number of carbonyl (C=O) groups excluding carboxylic acids is 2. The summed E-state index contributed by atoms with van der Waals surface area (Å²) < 4.78 is 0. The smallest absolute Gasteiger partial charge is 0.254 e. The van der Waals surface area contributed by atoms with E-state index in [-0.39, 0.29) is 17.7 Å². The maximum atomic E-state index is 13.1. The molecule has 0 bridgehead atoms. The average molecular weight is 359 g/mol. The van der Waals surface area contributed by atoms with Crippen molar-refractivity contribution in [1.29, 1.82) is 0 Å². The number of nitrogens with zero attached hydrogens (tertiary/aromatic N) is 2. The fraction of sp³-hybridized carbons (Fsp3) is 0.227. The van der Waals surface area contributed by atoms with E-state index in [9.17, 15) is 9.59 Å². The van der Waals surface area contributed by atoms with Crippen molar-refractivity contribution >= 4 is 28.4 Å². The normalized spacial score (nSPS) is 16.9. The van der Waals surface area contributed by atoms with E-state index in [1.807, 2.05) is 48.5 Å². The molecule has 2 heterocycles. The number of carbonyl (C=O) groups is 2. The van der Waals surface area contributed by atoms with Crippen LogP contribution in [0.25, 0.3) is 10.8 Å². The predicted molar refractivity (Wildman–Crippen MR) is 105 cm³/mol. The van der Waals surface area contributed by atoms with Gasteiger partial charge in [0.25, 0.3) is 5.91 Å². The summed E-state index contributed by atoms with van der Waals surface area (Å²) in [7, 11) is 0. The minimum Gasteiger partial charge on any atom is -0.338 e. The van der Waals surface area contributed by atoms with E-state index >= 15 is 0 Å². The van der Waals surface area contributed by atoms with Gasteiger partial charge in [0.1, 0.15) is 5.82 Å². The Kier molecular flexibility index (Phi) is 4.83. The number of aromatic nitrogens is 1. The van der Waals surface area contributed by atoms with Crippen LogP contribution in [0.2, 0.25) is 0 Å². The molecule has 1 saturated heterocycles. The van der Waals surface area contributed by atoms with Crippen LogP contribution in [-0.4, -0.2) is 34.8 Å². The second kappa shape index (κ2) is 7.58. The maximum absolute atomic E-state index is 13.1. The first-order valence-electron chi connectivity index (χ1n) is 9.21. The van der Waals surface area contributed by atoms with E-state index in [4.69, 9.17) is 0 Å². The lowest BCUT2D eigenvalue weighted by atomic mass is 9.95. The Hall–Kier alpha value is -3.21. The SMILES string of the molecule is O=C(Nc1ccccn1)[C@H]1CCCN(C(=O)c2cccc3ccccc23)C1. The fourth-order valence-electron chi connectivity index (χ4n) is 3.62. The first-order valence-corrected chi connectivity index (χ1v) is 9.21. The van der Waals surface area contributed by atoms with E-state index in [0.29, 0.717) is 24.5 Å². The topological polar surface area (TPSA) is 62.3 Å². The van der Waals surface area contributed by atoms with Gasteiger partial charge in [-0.1, -0.05) is 42.5 Å². The lowest BCUT2D eigenvalue weighted by Gasteiger charge is -2.32. The Morgan fingerprint density at radius 1 is 1.00 bits per heavy atom. The molecule has 0 saturated carbocycles. The molecule has 1 aliphatic rings. The summed E-state index contributed by atoms with van der Waals surface area (Å²) in [6.45, 7) is 1.11. The number of pyridine rings is 1. The van der Waals surface area contributed by atoms with E-state index in [1.165, 1.54) is 0 Å². The second-order valence-electron chi connectivity index (χ2n) is 6.82. The van der Waals surface area contributed by atoms with Crippen LogP contribution in [0.1, 0.15) is 23.2 Å². The van der Waals surface area contributed by atoms with Crippen LogP contribution in [0.4, 0.5) is 5.82 Å². The molecule has 5 heteroatoms. The number of piperidine rings is 1. The van der Waals surface area contributed by atoms with Gasteiger partial charge < -0.3 is 10.2 Å². The first kappa shape index (κ1) is 17.2. The zero-order valence-corrected chi connectivity index (χ0v) is 15.0. The summed E-state index contributed by atoms with van der Waals surface area (Å²) in [5.41, 5.74) is 0.693. The molecule has 4 rings (SSSR count). The molecule has 1 fully saturated rings. The fourth-order valence-corrected chi connectivity index (χ4v) is 3.62. The minimum atomic E-state index is -0.223. The molecule has 0 unspecified atom stereocenters. The van der Waals surface area contributed by atoms with Crippen LogP contribution in [-0.2, 0) is 4.79 Å².